The molecule has 1 aliphatic rings. The fourth-order valence-corrected chi connectivity index (χ4v) is 0.909. The molecule has 0 saturated carbocycles. The molecule has 1 aliphatic heterocycles. The van der Waals surface area contributed by atoms with Gasteiger partial charge in [-0.1, -0.05) is 6.92 Å². The van der Waals surface area contributed by atoms with Crippen LogP contribution in [0.2, 0.25) is 0 Å². The van der Waals surface area contributed by atoms with Gasteiger partial charge < -0.3 is 9.84 Å². The fraction of sp³-hybridized carbons (Fsp3) is 0.571. The topological polar surface area (TPSA) is 49.4 Å². The van der Waals surface area contributed by atoms with Crippen molar-refractivity contribution in [1.29, 1.82) is 0 Å². The van der Waals surface area contributed by atoms with Crippen LogP contribution >= 0.6 is 0 Å². The van der Waals surface area contributed by atoms with Crippen molar-refractivity contribution in [2.75, 3.05) is 0 Å². The second-order valence-electron chi connectivity index (χ2n) is 2.26. The molecule has 0 amide bonds. The molecule has 0 fully saturated rings. The van der Waals surface area contributed by atoms with Gasteiger partial charge in [-0.2, -0.15) is 0 Å². The van der Waals surface area contributed by atoms with Crippen LogP contribution in [-0.4, -0.2) is 11.9 Å². The molecule has 0 radical (unpaired) electrons. The van der Waals surface area contributed by atoms with Crippen LogP contribution in [0.3, 0.4) is 0 Å². The van der Waals surface area contributed by atoms with Crippen molar-refractivity contribution in [2.45, 2.75) is 26.4 Å². The third-order valence-corrected chi connectivity index (χ3v) is 1.53. The van der Waals surface area contributed by atoms with Crippen LogP contribution in [0.25, 0.3) is 0 Å². The highest BCUT2D eigenvalue weighted by atomic mass is 16.5. The van der Waals surface area contributed by atoms with Gasteiger partial charge in [0.2, 0.25) is 0 Å². The van der Waals surface area contributed by atoms with E-state index in [1.807, 2.05) is 6.92 Å². The third-order valence-electron chi connectivity index (χ3n) is 1.53. The first-order valence-corrected chi connectivity index (χ1v) is 3.25. The first-order valence-electron chi connectivity index (χ1n) is 3.25. The smallest absolute Gasteiger partial charge is 0.191 e. The van der Waals surface area contributed by atoms with Gasteiger partial charge in [-0.25, -0.2) is 0 Å². The first-order chi connectivity index (χ1) is 4.66. The van der Waals surface area contributed by atoms with E-state index in [0.717, 1.165) is 0 Å². The molecule has 1 unspecified atom stereocenters. The van der Waals surface area contributed by atoms with Crippen molar-refractivity contribution >= 4 is 5.78 Å². The van der Waals surface area contributed by atoms with Gasteiger partial charge in [0, 0.05) is 0 Å². The van der Waals surface area contributed by atoms with Crippen molar-refractivity contribution in [2.24, 2.45) is 0 Å². The Bertz CT molecular complexity index is 193. The molecule has 0 aromatic carbocycles. The van der Waals surface area contributed by atoms with Crippen LogP contribution in [0.1, 0.15) is 20.3 Å². The van der Waals surface area contributed by atoms with Crippen LogP contribution in [0, 0.1) is 0 Å². The van der Waals surface area contributed by atoms with Crippen molar-refractivity contribution in [3.63, 3.8) is 0 Å². The second-order valence-corrected chi connectivity index (χ2v) is 2.26. The zero-order chi connectivity index (χ0) is 7.72. The molecule has 56 valence electrons. The van der Waals surface area contributed by atoms with Gasteiger partial charge in [0.15, 0.2) is 11.9 Å². The number of ketones is 1. The van der Waals surface area contributed by atoms with Crippen LogP contribution in [0.4, 0.5) is 0 Å². The average molecular weight is 141 g/mol. The Morgan fingerprint density at radius 1 is 1.70 bits per heavy atom. The van der Waals surface area contributed by atoms with Crippen molar-refractivity contribution in [3.8, 4) is 0 Å². The van der Waals surface area contributed by atoms with E-state index in [1.54, 1.807) is 0 Å². The summed E-state index contributed by atoms with van der Waals surface area (Å²) in [5, 5.41) is 10.8. The molecule has 3 heteroatoms. The molecule has 0 aliphatic carbocycles. The number of ether oxygens (including phenoxy) is 1. The molecule has 0 N–H and O–H groups in total. The van der Waals surface area contributed by atoms with E-state index in [4.69, 9.17) is 4.74 Å². The van der Waals surface area contributed by atoms with E-state index >= 15 is 0 Å². The Morgan fingerprint density at radius 2 is 2.30 bits per heavy atom. The summed E-state index contributed by atoms with van der Waals surface area (Å²) in [6, 6.07) is 0. The van der Waals surface area contributed by atoms with E-state index in [-0.39, 0.29) is 5.76 Å². The SMILES string of the molecule is CCC1OC(C)=C([O-])C1=O. The van der Waals surface area contributed by atoms with Crippen LogP contribution in [0.5, 0.6) is 0 Å². The summed E-state index contributed by atoms with van der Waals surface area (Å²) in [6.07, 6.45) is 0.0644. The maximum Gasteiger partial charge on any atom is 0.191 e. The van der Waals surface area contributed by atoms with Gasteiger partial charge >= 0.3 is 0 Å². The predicted molar refractivity (Wildman–Crippen MR) is 32.9 cm³/mol. The molecule has 0 saturated heterocycles. The van der Waals surface area contributed by atoms with Gasteiger partial charge in [-0.3, -0.25) is 4.79 Å². The minimum atomic E-state index is -0.507. The highest BCUT2D eigenvalue weighted by Gasteiger charge is 2.25. The van der Waals surface area contributed by atoms with E-state index < -0.39 is 17.6 Å². The summed E-state index contributed by atoms with van der Waals surface area (Å²) in [7, 11) is 0. The van der Waals surface area contributed by atoms with Crippen LogP contribution in [0.15, 0.2) is 11.5 Å². The van der Waals surface area contributed by atoms with E-state index in [9.17, 15) is 9.90 Å². The zero-order valence-corrected chi connectivity index (χ0v) is 6.01. The lowest BCUT2D eigenvalue weighted by Gasteiger charge is -2.06. The Hall–Kier alpha value is -0.990. The zero-order valence-electron chi connectivity index (χ0n) is 6.01. The lowest BCUT2D eigenvalue weighted by molar-refractivity contribution is -0.299. The van der Waals surface area contributed by atoms with Crippen LogP contribution < -0.4 is 5.11 Å². The number of rotatable bonds is 1. The van der Waals surface area contributed by atoms with E-state index in [2.05, 4.69) is 0 Å². The highest BCUT2D eigenvalue weighted by molar-refractivity contribution is 5.98. The Balaban J connectivity index is 2.77. The minimum absolute atomic E-state index is 0.233. The molecular weight excluding hydrogens is 132 g/mol. The van der Waals surface area contributed by atoms with Gasteiger partial charge in [0.25, 0.3) is 0 Å². The van der Waals surface area contributed by atoms with Gasteiger partial charge in [0.1, 0.15) is 0 Å². The monoisotopic (exact) mass is 141 g/mol. The van der Waals surface area contributed by atoms with Crippen LogP contribution in [-0.2, 0) is 9.53 Å². The minimum Gasteiger partial charge on any atom is -0.868 e. The quantitative estimate of drug-likeness (QED) is 0.514. The standard InChI is InChI=1S/C7H10O3/c1-3-5-7(9)6(8)4(2)10-5/h5,8H,3H2,1-2H3/p-1. The Labute approximate surface area is 59.3 Å². The predicted octanol–water partition coefficient (Wildman–Crippen LogP) is -0.0439. The summed E-state index contributed by atoms with van der Waals surface area (Å²) in [6.45, 7) is 3.34. The average Bonchev–Trinajstić information content (AvgIpc) is 2.17. The number of hydrogen-bond acceptors (Lipinski definition) is 3. The normalized spacial score (nSPS) is 25.4. The highest BCUT2D eigenvalue weighted by Crippen LogP contribution is 2.18. The summed E-state index contributed by atoms with van der Waals surface area (Å²) >= 11 is 0. The number of carbonyl (C=O) groups is 1. The van der Waals surface area contributed by atoms with Gasteiger partial charge in [-0.05, 0) is 19.1 Å². The number of Topliss-reactive ketones (excluding diaryl/α,β-unsaturated/α-hetero) is 1. The number of hydrogen-bond donors (Lipinski definition) is 0. The van der Waals surface area contributed by atoms with Gasteiger partial charge in [0.05, 0.1) is 5.76 Å². The second kappa shape index (κ2) is 2.33. The Kier molecular flexibility index (Phi) is 1.66. The number of carbonyl (C=O) groups excluding carboxylic acids is 1. The maximum absolute atomic E-state index is 10.9. The summed E-state index contributed by atoms with van der Waals surface area (Å²) in [5.74, 6) is -0.635. The molecule has 1 heterocycles. The molecule has 0 spiro atoms. The molecule has 0 aromatic heterocycles. The third kappa shape index (κ3) is 0.875. The van der Waals surface area contributed by atoms with Crippen molar-refractivity contribution in [3.05, 3.63) is 11.5 Å². The van der Waals surface area contributed by atoms with Gasteiger partial charge in [-0.15, -0.1) is 0 Å². The summed E-state index contributed by atoms with van der Waals surface area (Å²) in [4.78, 5) is 10.9. The molecule has 0 bridgehead atoms. The number of allylic oxidation sites excluding steroid dienone is 1. The lowest BCUT2D eigenvalue weighted by Crippen LogP contribution is -2.21. The molecule has 1 atom stereocenters. The Morgan fingerprint density at radius 3 is 2.50 bits per heavy atom. The molecular formula is C7H9O3-. The molecule has 1 rings (SSSR count). The lowest BCUT2D eigenvalue weighted by atomic mass is 10.2. The largest absolute Gasteiger partial charge is 0.868 e. The van der Waals surface area contributed by atoms with Crippen molar-refractivity contribution in [1.82, 2.24) is 0 Å². The molecule has 3 nitrogen and oxygen atoms in total. The van der Waals surface area contributed by atoms with E-state index in [0.29, 0.717) is 6.42 Å². The van der Waals surface area contributed by atoms with Crippen molar-refractivity contribution < 1.29 is 14.6 Å². The fourth-order valence-electron chi connectivity index (χ4n) is 0.909. The molecule has 10 heavy (non-hydrogen) atoms. The summed E-state index contributed by atoms with van der Waals surface area (Å²) < 4.78 is 4.95. The summed E-state index contributed by atoms with van der Waals surface area (Å²) in [5.41, 5.74) is 0. The molecule has 0 aromatic rings. The van der Waals surface area contributed by atoms with E-state index in [1.165, 1.54) is 6.92 Å². The maximum atomic E-state index is 10.9. The first kappa shape index (κ1) is 7.12.